The van der Waals surface area contributed by atoms with Gasteiger partial charge in [0, 0.05) is 6.07 Å². The van der Waals surface area contributed by atoms with Crippen LogP contribution < -0.4 is 4.74 Å². The van der Waals surface area contributed by atoms with Crippen molar-refractivity contribution in [2.45, 2.75) is 0 Å². The maximum absolute atomic E-state index is 9.09. The van der Waals surface area contributed by atoms with Crippen molar-refractivity contribution < 1.29 is 9.94 Å². The molecule has 4 heteroatoms. The van der Waals surface area contributed by atoms with Gasteiger partial charge in [-0.25, -0.2) is 0 Å². The molecule has 0 fully saturated rings. The zero-order valence-electron chi connectivity index (χ0n) is 5.44. The Balaban J connectivity index is 3.28. The first kappa shape index (κ1) is 7.08. The van der Waals surface area contributed by atoms with Crippen LogP contribution in [-0.2, 0) is 0 Å². The Bertz CT molecular complexity index is 281. The standard InChI is InChI=1S/C6H7NO2S/c1-9-5-3-2-4-6(10)7(5)8/h2-4,8H,1H3. The molecule has 0 unspecified atom stereocenters. The Morgan fingerprint density at radius 2 is 2.30 bits per heavy atom. The summed E-state index contributed by atoms with van der Waals surface area (Å²) in [7, 11) is 1.47. The quantitative estimate of drug-likeness (QED) is 0.495. The van der Waals surface area contributed by atoms with E-state index in [1.54, 1.807) is 18.2 Å². The first-order chi connectivity index (χ1) is 4.75. The van der Waals surface area contributed by atoms with Crippen molar-refractivity contribution in [2.24, 2.45) is 0 Å². The summed E-state index contributed by atoms with van der Waals surface area (Å²) in [5, 5.41) is 9.09. The van der Waals surface area contributed by atoms with E-state index < -0.39 is 0 Å². The third-order valence-electron chi connectivity index (χ3n) is 1.10. The minimum absolute atomic E-state index is 0.333. The molecule has 10 heavy (non-hydrogen) atoms. The number of rotatable bonds is 1. The van der Waals surface area contributed by atoms with Crippen LogP contribution in [0, 0.1) is 4.64 Å². The smallest absolute Gasteiger partial charge is 0.228 e. The van der Waals surface area contributed by atoms with Crippen LogP contribution in [0.3, 0.4) is 0 Å². The highest BCUT2D eigenvalue weighted by atomic mass is 32.1. The van der Waals surface area contributed by atoms with Crippen molar-refractivity contribution >= 4 is 12.2 Å². The largest absolute Gasteiger partial charge is 0.480 e. The molecule has 0 aliphatic carbocycles. The molecule has 0 spiro atoms. The van der Waals surface area contributed by atoms with E-state index in [-0.39, 0.29) is 0 Å². The second kappa shape index (κ2) is 2.70. The minimum Gasteiger partial charge on any atom is -0.480 e. The zero-order valence-corrected chi connectivity index (χ0v) is 6.26. The van der Waals surface area contributed by atoms with E-state index in [0.717, 1.165) is 4.73 Å². The third kappa shape index (κ3) is 1.11. The number of pyridine rings is 1. The van der Waals surface area contributed by atoms with Gasteiger partial charge in [-0.1, -0.05) is 18.3 Å². The molecule has 1 heterocycles. The van der Waals surface area contributed by atoms with E-state index in [1.807, 2.05) is 0 Å². The topological polar surface area (TPSA) is 34.4 Å². The monoisotopic (exact) mass is 157 g/mol. The van der Waals surface area contributed by atoms with E-state index >= 15 is 0 Å². The van der Waals surface area contributed by atoms with Crippen molar-refractivity contribution in [3.8, 4) is 5.88 Å². The average Bonchev–Trinajstić information content (AvgIpc) is 1.95. The lowest BCUT2D eigenvalue weighted by Crippen LogP contribution is -1.98. The van der Waals surface area contributed by atoms with Gasteiger partial charge in [0.25, 0.3) is 0 Å². The van der Waals surface area contributed by atoms with Crippen molar-refractivity contribution in [1.82, 2.24) is 4.73 Å². The second-order valence-electron chi connectivity index (χ2n) is 1.72. The number of ether oxygens (including phenoxy) is 1. The molecule has 3 nitrogen and oxygen atoms in total. The van der Waals surface area contributed by atoms with Crippen LogP contribution >= 0.6 is 12.2 Å². The van der Waals surface area contributed by atoms with Crippen LogP contribution in [0.25, 0.3) is 0 Å². The molecule has 0 amide bonds. The van der Waals surface area contributed by atoms with Crippen molar-refractivity contribution in [2.75, 3.05) is 7.11 Å². The Morgan fingerprint density at radius 3 is 2.80 bits per heavy atom. The lowest BCUT2D eigenvalue weighted by atomic mass is 10.5. The Hall–Kier alpha value is -1.03. The summed E-state index contributed by atoms with van der Waals surface area (Å²) in [6, 6.07) is 4.95. The average molecular weight is 157 g/mol. The highest BCUT2D eigenvalue weighted by Gasteiger charge is 1.94. The minimum atomic E-state index is 0.333. The summed E-state index contributed by atoms with van der Waals surface area (Å²) in [4.78, 5) is 0. The van der Waals surface area contributed by atoms with Crippen molar-refractivity contribution in [3.63, 3.8) is 0 Å². The molecule has 1 N–H and O–H groups in total. The molecule has 0 radical (unpaired) electrons. The van der Waals surface area contributed by atoms with Crippen molar-refractivity contribution in [3.05, 3.63) is 22.8 Å². The lowest BCUT2D eigenvalue weighted by Gasteiger charge is -2.03. The van der Waals surface area contributed by atoms with Gasteiger partial charge in [-0.05, 0) is 6.07 Å². The molecule has 54 valence electrons. The normalized spacial score (nSPS) is 9.30. The van der Waals surface area contributed by atoms with Gasteiger partial charge < -0.3 is 9.94 Å². The van der Waals surface area contributed by atoms with Gasteiger partial charge >= 0.3 is 0 Å². The van der Waals surface area contributed by atoms with Gasteiger partial charge in [-0.15, -0.1) is 4.73 Å². The predicted octanol–water partition coefficient (Wildman–Crippen LogP) is 1.46. The third-order valence-corrected chi connectivity index (χ3v) is 1.41. The molecule has 1 aromatic heterocycles. The summed E-state index contributed by atoms with van der Waals surface area (Å²) >= 11 is 4.74. The number of aromatic nitrogens is 1. The fourth-order valence-electron chi connectivity index (χ4n) is 0.617. The van der Waals surface area contributed by atoms with Gasteiger partial charge in [-0.3, -0.25) is 0 Å². The van der Waals surface area contributed by atoms with Crippen molar-refractivity contribution in [1.29, 1.82) is 0 Å². The van der Waals surface area contributed by atoms with Gasteiger partial charge in [0.1, 0.15) is 4.64 Å². The molecular formula is C6H7NO2S. The van der Waals surface area contributed by atoms with Crippen LogP contribution in [0.5, 0.6) is 5.88 Å². The van der Waals surface area contributed by atoms with Crippen LogP contribution in [0.2, 0.25) is 0 Å². The summed E-state index contributed by atoms with van der Waals surface area (Å²) < 4.78 is 5.92. The van der Waals surface area contributed by atoms with Crippen LogP contribution in [0.4, 0.5) is 0 Å². The molecular weight excluding hydrogens is 150 g/mol. The molecule has 0 aliphatic heterocycles. The number of methoxy groups -OCH3 is 1. The Morgan fingerprint density at radius 1 is 1.60 bits per heavy atom. The van der Waals surface area contributed by atoms with Gasteiger partial charge in [-0.2, -0.15) is 0 Å². The maximum Gasteiger partial charge on any atom is 0.228 e. The molecule has 0 atom stereocenters. The van der Waals surface area contributed by atoms with Crippen LogP contribution in [0.1, 0.15) is 0 Å². The van der Waals surface area contributed by atoms with Gasteiger partial charge in [0.05, 0.1) is 7.11 Å². The molecule has 0 aromatic carbocycles. The Labute approximate surface area is 63.4 Å². The Kier molecular flexibility index (Phi) is 1.91. The molecule has 0 saturated carbocycles. The fourth-order valence-corrected chi connectivity index (χ4v) is 0.786. The first-order valence-electron chi connectivity index (χ1n) is 2.71. The molecule has 1 aromatic rings. The number of hydrogen-bond donors (Lipinski definition) is 1. The zero-order chi connectivity index (χ0) is 7.56. The molecule has 1 rings (SSSR count). The molecule has 0 saturated heterocycles. The van der Waals surface area contributed by atoms with E-state index in [2.05, 4.69) is 0 Å². The predicted molar refractivity (Wildman–Crippen MR) is 39.0 cm³/mol. The lowest BCUT2D eigenvalue weighted by molar-refractivity contribution is 0.146. The van der Waals surface area contributed by atoms with Crippen LogP contribution in [0.15, 0.2) is 18.2 Å². The fraction of sp³-hybridized carbons (Fsp3) is 0.167. The van der Waals surface area contributed by atoms with E-state index in [0.29, 0.717) is 10.5 Å². The van der Waals surface area contributed by atoms with Gasteiger partial charge in [0.15, 0.2) is 0 Å². The SMILES string of the molecule is COc1cccc(=S)n1O. The number of hydrogen-bond acceptors (Lipinski definition) is 3. The van der Waals surface area contributed by atoms with Crippen LogP contribution in [-0.4, -0.2) is 17.0 Å². The molecule has 0 aliphatic rings. The summed E-state index contributed by atoms with van der Waals surface area (Å²) in [6.07, 6.45) is 0. The molecule has 0 bridgehead atoms. The first-order valence-corrected chi connectivity index (χ1v) is 3.12. The highest BCUT2D eigenvalue weighted by molar-refractivity contribution is 7.71. The summed E-state index contributed by atoms with van der Waals surface area (Å²) in [5.41, 5.74) is 0. The van der Waals surface area contributed by atoms with E-state index in [9.17, 15) is 0 Å². The highest BCUT2D eigenvalue weighted by Crippen LogP contribution is 2.07. The van der Waals surface area contributed by atoms with E-state index in [4.69, 9.17) is 22.2 Å². The number of nitrogens with zero attached hydrogens (tertiary/aromatic N) is 1. The second-order valence-corrected chi connectivity index (χ2v) is 2.14. The maximum atomic E-state index is 9.09. The summed E-state index contributed by atoms with van der Waals surface area (Å²) in [5.74, 6) is 0.340. The summed E-state index contributed by atoms with van der Waals surface area (Å²) in [6.45, 7) is 0. The van der Waals surface area contributed by atoms with E-state index in [1.165, 1.54) is 7.11 Å². The van der Waals surface area contributed by atoms with Gasteiger partial charge in [0.2, 0.25) is 5.88 Å².